The summed E-state index contributed by atoms with van der Waals surface area (Å²) in [4.78, 5) is 31.0. The van der Waals surface area contributed by atoms with Crippen LogP contribution in [0.3, 0.4) is 0 Å². The first kappa shape index (κ1) is 21.1. The van der Waals surface area contributed by atoms with E-state index in [9.17, 15) is 14.0 Å². The topological polar surface area (TPSA) is 55.9 Å². The normalized spacial score (nSPS) is 26.8. The van der Waals surface area contributed by atoms with E-state index in [1.807, 2.05) is 17.0 Å². The van der Waals surface area contributed by atoms with Crippen molar-refractivity contribution in [1.29, 1.82) is 0 Å². The fraction of sp³-hybridized carbons (Fsp3) is 0.652. The molecule has 3 aliphatic rings. The third-order valence-corrected chi connectivity index (χ3v) is 7.34. The lowest BCUT2D eigenvalue weighted by molar-refractivity contribution is -0.136. The summed E-state index contributed by atoms with van der Waals surface area (Å²) in [6.07, 6.45) is 3.41. The molecule has 3 heterocycles. The highest BCUT2D eigenvalue weighted by atomic mass is 19.1. The zero-order valence-electron chi connectivity index (χ0n) is 18.1. The molecule has 6 nitrogen and oxygen atoms in total. The quantitative estimate of drug-likeness (QED) is 0.818. The van der Waals surface area contributed by atoms with Gasteiger partial charge in [0.1, 0.15) is 5.82 Å². The number of nitrogens with one attached hydrogen (secondary N) is 1. The summed E-state index contributed by atoms with van der Waals surface area (Å²) < 4.78 is 13.2. The monoisotopic (exact) mass is 416 g/mol. The third-order valence-electron chi connectivity index (χ3n) is 7.34. The van der Waals surface area contributed by atoms with Crippen LogP contribution in [0, 0.1) is 11.2 Å². The minimum atomic E-state index is -0.274. The maximum absolute atomic E-state index is 13.2. The van der Waals surface area contributed by atoms with Gasteiger partial charge in [-0.2, -0.15) is 0 Å². The summed E-state index contributed by atoms with van der Waals surface area (Å²) in [5, 5.41) is 3.24. The van der Waals surface area contributed by atoms with Crippen molar-refractivity contribution >= 4 is 17.5 Å². The number of carbonyl (C=O) groups is 2. The molecule has 2 atom stereocenters. The number of halogens is 1. The Bertz CT molecular complexity index is 776. The molecule has 1 spiro atoms. The summed E-state index contributed by atoms with van der Waals surface area (Å²) >= 11 is 0. The maximum atomic E-state index is 13.2. The number of carbonyl (C=O) groups excluding carboxylic acids is 2. The summed E-state index contributed by atoms with van der Waals surface area (Å²) in [6.45, 7) is 9.02. The van der Waals surface area contributed by atoms with Crippen molar-refractivity contribution in [2.75, 3.05) is 44.2 Å². The molecule has 7 heteroatoms. The Morgan fingerprint density at radius 3 is 2.50 bits per heavy atom. The Hall–Kier alpha value is -2.15. The number of anilines is 1. The summed E-state index contributed by atoms with van der Waals surface area (Å²) in [5.74, 6) is 0.0900. The van der Waals surface area contributed by atoms with Gasteiger partial charge >= 0.3 is 0 Å². The van der Waals surface area contributed by atoms with Crippen LogP contribution in [-0.4, -0.2) is 73.0 Å². The molecule has 30 heavy (non-hydrogen) atoms. The van der Waals surface area contributed by atoms with Crippen molar-refractivity contribution in [3.63, 3.8) is 0 Å². The Kier molecular flexibility index (Phi) is 6.00. The van der Waals surface area contributed by atoms with Crippen molar-refractivity contribution in [1.82, 2.24) is 15.1 Å². The van der Waals surface area contributed by atoms with Gasteiger partial charge in [0, 0.05) is 64.0 Å². The molecule has 164 valence electrons. The average Bonchev–Trinajstić information content (AvgIpc) is 3.03. The second kappa shape index (κ2) is 8.53. The Morgan fingerprint density at radius 1 is 1.17 bits per heavy atom. The van der Waals surface area contributed by atoms with E-state index in [0.29, 0.717) is 19.1 Å². The van der Waals surface area contributed by atoms with Crippen LogP contribution < -0.4 is 10.2 Å². The standard InChI is InChI=1S/C23H33FN4O2/c1-17-16-28(21-5-3-19(24)4-6-21)14-13-26(17)10-7-20-15-23(22(30)25-20)8-11-27(12-9-23)18(2)29/h3-6,17,20H,7-16H2,1-2H3,(H,25,30)/t17-,20-/m0/s1. The largest absolute Gasteiger partial charge is 0.369 e. The highest BCUT2D eigenvalue weighted by Gasteiger charge is 2.48. The van der Waals surface area contributed by atoms with Gasteiger partial charge in [-0.05, 0) is 56.9 Å². The molecule has 4 rings (SSSR count). The van der Waals surface area contributed by atoms with E-state index < -0.39 is 0 Å². The Balaban J connectivity index is 1.26. The minimum Gasteiger partial charge on any atom is -0.369 e. The van der Waals surface area contributed by atoms with Crippen LogP contribution in [0.25, 0.3) is 0 Å². The molecule has 0 radical (unpaired) electrons. The summed E-state index contributed by atoms with van der Waals surface area (Å²) in [7, 11) is 0. The van der Waals surface area contributed by atoms with Gasteiger partial charge in [0.05, 0.1) is 5.41 Å². The second-order valence-corrected chi connectivity index (χ2v) is 9.26. The molecule has 3 aliphatic heterocycles. The molecule has 0 saturated carbocycles. The third kappa shape index (κ3) is 4.31. The average molecular weight is 417 g/mol. The van der Waals surface area contributed by atoms with Crippen LogP contribution >= 0.6 is 0 Å². The van der Waals surface area contributed by atoms with E-state index in [0.717, 1.165) is 57.5 Å². The molecule has 1 N–H and O–H groups in total. The van der Waals surface area contributed by atoms with Gasteiger partial charge in [0.25, 0.3) is 0 Å². The number of amides is 2. The predicted octanol–water partition coefficient (Wildman–Crippen LogP) is 2.24. The molecular weight excluding hydrogens is 383 g/mol. The fourth-order valence-corrected chi connectivity index (χ4v) is 5.34. The van der Waals surface area contributed by atoms with E-state index in [1.54, 1.807) is 6.92 Å². The van der Waals surface area contributed by atoms with Crippen LogP contribution in [0.2, 0.25) is 0 Å². The van der Waals surface area contributed by atoms with Gasteiger partial charge in [-0.3, -0.25) is 14.5 Å². The highest BCUT2D eigenvalue weighted by Crippen LogP contribution is 2.41. The van der Waals surface area contributed by atoms with E-state index >= 15 is 0 Å². The number of hydrogen-bond acceptors (Lipinski definition) is 4. The van der Waals surface area contributed by atoms with Gasteiger partial charge in [-0.25, -0.2) is 4.39 Å². The first-order valence-electron chi connectivity index (χ1n) is 11.2. The van der Waals surface area contributed by atoms with Gasteiger partial charge in [-0.15, -0.1) is 0 Å². The molecule has 0 aliphatic carbocycles. The van der Waals surface area contributed by atoms with Crippen LogP contribution in [0.5, 0.6) is 0 Å². The van der Waals surface area contributed by atoms with E-state index in [-0.39, 0.29) is 29.1 Å². The molecule has 0 unspecified atom stereocenters. The molecule has 0 bridgehead atoms. The highest BCUT2D eigenvalue weighted by molar-refractivity contribution is 5.85. The summed E-state index contributed by atoms with van der Waals surface area (Å²) in [5.41, 5.74) is 0.800. The SMILES string of the molecule is CC(=O)N1CCC2(CC1)C[C@H](CCN1CCN(c3ccc(F)cc3)C[C@@H]1C)NC2=O. The van der Waals surface area contributed by atoms with Crippen molar-refractivity contribution in [2.45, 2.75) is 51.6 Å². The zero-order chi connectivity index (χ0) is 21.3. The number of benzene rings is 1. The van der Waals surface area contributed by atoms with E-state index in [2.05, 4.69) is 22.0 Å². The molecule has 3 saturated heterocycles. The lowest BCUT2D eigenvalue weighted by Crippen LogP contribution is -2.52. The molecule has 1 aromatic carbocycles. The van der Waals surface area contributed by atoms with Crippen LogP contribution in [0.15, 0.2) is 24.3 Å². The fourth-order valence-electron chi connectivity index (χ4n) is 5.34. The second-order valence-electron chi connectivity index (χ2n) is 9.26. The minimum absolute atomic E-state index is 0.105. The van der Waals surface area contributed by atoms with Crippen LogP contribution in [-0.2, 0) is 9.59 Å². The van der Waals surface area contributed by atoms with Crippen molar-refractivity contribution < 1.29 is 14.0 Å². The number of likely N-dealkylation sites (tertiary alicyclic amines) is 1. The van der Waals surface area contributed by atoms with Crippen molar-refractivity contribution in [3.05, 3.63) is 30.1 Å². The number of hydrogen-bond donors (Lipinski definition) is 1. The predicted molar refractivity (Wildman–Crippen MR) is 115 cm³/mol. The van der Waals surface area contributed by atoms with E-state index in [1.165, 1.54) is 12.1 Å². The van der Waals surface area contributed by atoms with Gasteiger partial charge in [-0.1, -0.05) is 0 Å². The zero-order valence-corrected chi connectivity index (χ0v) is 18.1. The smallest absolute Gasteiger partial charge is 0.226 e. The molecule has 2 amide bonds. The van der Waals surface area contributed by atoms with Gasteiger partial charge < -0.3 is 15.1 Å². The lowest BCUT2D eigenvalue weighted by atomic mass is 9.75. The number of nitrogens with zero attached hydrogens (tertiary/aromatic N) is 3. The van der Waals surface area contributed by atoms with Gasteiger partial charge in [0.2, 0.25) is 11.8 Å². The van der Waals surface area contributed by atoms with Crippen LogP contribution in [0.4, 0.5) is 10.1 Å². The van der Waals surface area contributed by atoms with Crippen molar-refractivity contribution in [2.24, 2.45) is 5.41 Å². The van der Waals surface area contributed by atoms with Crippen LogP contribution in [0.1, 0.15) is 39.5 Å². The maximum Gasteiger partial charge on any atom is 0.226 e. The Labute approximate surface area is 178 Å². The lowest BCUT2D eigenvalue weighted by Gasteiger charge is -2.41. The molecular formula is C23H33FN4O2. The number of piperazine rings is 1. The Morgan fingerprint density at radius 2 is 1.87 bits per heavy atom. The first-order valence-corrected chi connectivity index (χ1v) is 11.2. The number of rotatable bonds is 4. The van der Waals surface area contributed by atoms with Gasteiger partial charge in [0.15, 0.2) is 0 Å². The number of piperidine rings is 1. The molecule has 3 fully saturated rings. The molecule has 1 aromatic rings. The van der Waals surface area contributed by atoms with Crippen molar-refractivity contribution in [3.8, 4) is 0 Å². The first-order chi connectivity index (χ1) is 14.4. The summed E-state index contributed by atoms with van der Waals surface area (Å²) in [6, 6.07) is 7.38. The van der Waals surface area contributed by atoms with E-state index in [4.69, 9.17) is 0 Å². The molecule has 0 aromatic heterocycles.